The fraction of sp³-hybridized carbons (Fsp3) is 0.423. The maximum Gasteiger partial charge on any atom is 0.275 e. The summed E-state index contributed by atoms with van der Waals surface area (Å²) in [5.41, 5.74) is 1.50. The molecule has 0 unspecified atom stereocenters. The summed E-state index contributed by atoms with van der Waals surface area (Å²) in [6, 6.07) is 14.2. The Labute approximate surface area is 216 Å². The van der Waals surface area contributed by atoms with E-state index in [1.165, 1.54) is 0 Å². The first kappa shape index (κ1) is 24.1. The van der Waals surface area contributed by atoms with Crippen LogP contribution in [0.3, 0.4) is 0 Å². The smallest absolute Gasteiger partial charge is 0.275 e. The van der Waals surface area contributed by atoms with Gasteiger partial charge in [0.15, 0.2) is 11.5 Å². The van der Waals surface area contributed by atoms with Gasteiger partial charge in [0.05, 0.1) is 10.0 Å². The molecule has 0 radical (unpaired) electrons. The molecule has 5 rings (SSSR count). The van der Waals surface area contributed by atoms with E-state index in [1.54, 1.807) is 0 Å². The van der Waals surface area contributed by atoms with Gasteiger partial charge in [-0.05, 0) is 32.0 Å². The largest absolute Gasteiger partial charge is 0.368 e. The molecular formula is C26H30Cl2N6O. The number of amides is 1. The van der Waals surface area contributed by atoms with Gasteiger partial charge in [0.25, 0.3) is 5.91 Å². The second-order valence-electron chi connectivity index (χ2n) is 9.41. The zero-order valence-electron chi connectivity index (χ0n) is 20.1. The van der Waals surface area contributed by atoms with Gasteiger partial charge in [-0.25, -0.2) is 0 Å². The molecule has 2 saturated heterocycles. The molecule has 3 aromatic rings. The number of hydrogen-bond acceptors (Lipinski definition) is 6. The van der Waals surface area contributed by atoms with Crippen molar-refractivity contribution >= 4 is 51.4 Å². The molecule has 1 amide bonds. The molecular weight excluding hydrogens is 483 g/mol. The molecule has 2 aliphatic heterocycles. The van der Waals surface area contributed by atoms with Gasteiger partial charge in [0, 0.05) is 74.9 Å². The third-order valence-corrected chi connectivity index (χ3v) is 7.79. The monoisotopic (exact) mass is 512 g/mol. The van der Waals surface area contributed by atoms with Crippen LogP contribution >= 0.6 is 23.2 Å². The number of rotatable bonds is 4. The average Bonchev–Trinajstić information content (AvgIpc) is 2.89. The highest BCUT2D eigenvalue weighted by Crippen LogP contribution is 2.30. The molecule has 9 heteroatoms. The number of nitrogens with zero attached hydrogens (tertiary/aromatic N) is 6. The summed E-state index contributed by atoms with van der Waals surface area (Å²) < 4.78 is 0. The third kappa shape index (κ3) is 4.90. The lowest BCUT2D eigenvalue weighted by Gasteiger charge is -2.37. The van der Waals surface area contributed by atoms with Crippen LogP contribution in [0.15, 0.2) is 42.5 Å². The van der Waals surface area contributed by atoms with Crippen molar-refractivity contribution in [2.75, 3.05) is 62.2 Å². The standard InChI is InChI=1S/C26H30Cl2N6O/c1-18(2)31-9-15-34(16-10-31)26(35)24-20-5-3-4-6-21(20)25(30-29-24)33-13-11-32(12-14-33)19-7-8-22(27)23(28)17-19/h3-8,17-18H,9-16H2,1-2H3. The molecule has 1 aromatic heterocycles. The molecule has 2 aromatic carbocycles. The van der Waals surface area contributed by atoms with Gasteiger partial charge in [0.2, 0.25) is 0 Å². The van der Waals surface area contributed by atoms with E-state index in [-0.39, 0.29) is 5.91 Å². The molecule has 0 spiro atoms. The number of benzene rings is 2. The minimum Gasteiger partial charge on any atom is -0.368 e. The van der Waals surface area contributed by atoms with Crippen LogP contribution in [0.25, 0.3) is 10.8 Å². The molecule has 0 N–H and O–H groups in total. The molecule has 0 bridgehead atoms. The second-order valence-corrected chi connectivity index (χ2v) is 10.2. The van der Waals surface area contributed by atoms with Crippen LogP contribution in [-0.4, -0.2) is 84.3 Å². The van der Waals surface area contributed by atoms with Gasteiger partial charge in [-0.1, -0.05) is 47.5 Å². The highest BCUT2D eigenvalue weighted by atomic mass is 35.5. The van der Waals surface area contributed by atoms with E-state index in [1.807, 2.05) is 47.4 Å². The van der Waals surface area contributed by atoms with Crippen LogP contribution < -0.4 is 9.80 Å². The Balaban J connectivity index is 1.34. The molecule has 3 heterocycles. The average molecular weight is 513 g/mol. The van der Waals surface area contributed by atoms with Crippen molar-refractivity contribution in [2.24, 2.45) is 0 Å². The lowest BCUT2D eigenvalue weighted by molar-refractivity contribution is 0.0591. The Morgan fingerprint density at radius 1 is 0.800 bits per heavy atom. The first-order chi connectivity index (χ1) is 16.9. The second kappa shape index (κ2) is 10.2. The third-order valence-electron chi connectivity index (χ3n) is 7.05. The number of piperazine rings is 2. The van der Waals surface area contributed by atoms with Crippen molar-refractivity contribution < 1.29 is 4.79 Å². The van der Waals surface area contributed by atoms with E-state index >= 15 is 0 Å². The SMILES string of the molecule is CC(C)N1CCN(C(=O)c2nnc(N3CCN(c4ccc(Cl)c(Cl)c4)CC3)c3ccccc23)CC1. The molecule has 0 saturated carbocycles. The molecule has 35 heavy (non-hydrogen) atoms. The fourth-order valence-electron chi connectivity index (χ4n) is 4.93. The topological polar surface area (TPSA) is 55.8 Å². The number of carbonyl (C=O) groups is 1. The first-order valence-electron chi connectivity index (χ1n) is 12.2. The zero-order chi connectivity index (χ0) is 24.5. The van der Waals surface area contributed by atoms with Crippen LogP contribution in [-0.2, 0) is 0 Å². The Morgan fingerprint density at radius 3 is 2.11 bits per heavy atom. The number of anilines is 2. The Bertz CT molecular complexity index is 1220. The first-order valence-corrected chi connectivity index (χ1v) is 12.9. The number of fused-ring (bicyclic) bond motifs is 1. The van der Waals surface area contributed by atoms with Crippen molar-refractivity contribution in [3.8, 4) is 0 Å². The predicted octanol–water partition coefficient (Wildman–Crippen LogP) is 4.43. The Hall–Kier alpha value is -2.61. The minimum atomic E-state index is -0.0342. The molecule has 2 aliphatic rings. The van der Waals surface area contributed by atoms with E-state index in [4.69, 9.17) is 23.2 Å². The molecule has 7 nitrogen and oxygen atoms in total. The van der Waals surface area contributed by atoms with Crippen molar-refractivity contribution in [3.05, 3.63) is 58.2 Å². The summed E-state index contributed by atoms with van der Waals surface area (Å²) in [4.78, 5) is 22.2. The summed E-state index contributed by atoms with van der Waals surface area (Å²) in [6.45, 7) is 10.8. The van der Waals surface area contributed by atoms with Gasteiger partial charge < -0.3 is 14.7 Å². The Kier molecular flexibility index (Phi) is 7.00. The summed E-state index contributed by atoms with van der Waals surface area (Å²) in [7, 11) is 0. The van der Waals surface area contributed by atoms with Crippen molar-refractivity contribution in [1.29, 1.82) is 0 Å². The minimum absolute atomic E-state index is 0.0342. The van der Waals surface area contributed by atoms with Gasteiger partial charge in [0.1, 0.15) is 0 Å². The lowest BCUT2D eigenvalue weighted by Crippen LogP contribution is -2.51. The fourth-order valence-corrected chi connectivity index (χ4v) is 5.22. The van der Waals surface area contributed by atoms with Crippen LogP contribution in [0.4, 0.5) is 11.5 Å². The quantitative estimate of drug-likeness (QED) is 0.515. The maximum absolute atomic E-state index is 13.4. The Morgan fingerprint density at radius 2 is 1.46 bits per heavy atom. The van der Waals surface area contributed by atoms with E-state index in [0.29, 0.717) is 34.9 Å². The van der Waals surface area contributed by atoms with Crippen LogP contribution in [0, 0.1) is 0 Å². The van der Waals surface area contributed by atoms with E-state index in [0.717, 1.165) is 61.5 Å². The summed E-state index contributed by atoms with van der Waals surface area (Å²) in [6.07, 6.45) is 0. The number of carbonyl (C=O) groups excluding carboxylic acids is 1. The van der Waals surface area contributed by atoms with Crippen LogP contribution in [0.1, 0.15) is 24.3 Å². The van der Waals surface area contributed by atoms with Gasteiger partial charge >= 0.3 is 0 Å². The number of halogens is 2. The van der Waals surface area contributed by atoms with Crippen LogP contribution in [0.2, 0.25) is 10.0 Å². The normalized spacial score (nSPS) is 17.5. The van der Waals surface area contributed by atoms with Gasteiger partial charge in [-0.2, -0.15) is 0 Å². The molecule has 2 fully saturated rings. The molecule has 0 aliphatic carbocycles. The highest BCUT2D eigenvalue weighted by Gasteiger charge is 2.27. The van der Waals surface area contributed by atoms with E-state index in [9.17, 15) is 4.79 Å². The van der Waals surface area contributed by atoms with E-state index in [2.05, 4.69) is 38.7 Å². The van der Waals surface area contributed by atoms with Crippen molar-refractivity contribution in [3.63, 3.8) is 0 Å². The van der Waals surface area contributed by atoms with Crippen LogP contribution in [0.5, 0.6) is 0 Å². The van der Waals surface area contributed by atoms with Crippen molar-refractivity contribution in [1.82, 2.24) is 20.0 Å². The molecule has 184 valence electrons. The highest BCUT2D eigenvalue weighted by molar-refractivity contribution is 6.42. The van der Waals surface area contributed by atoms with Gasteiger partial charge in [-0.3, -0.25) is 9.69 Å². The van der Waals surface area contributed by atoms with Gasteiger partial charge in [-0.15, -0.1) is 10.2 Å². The van der Waals surface area contributed by atoms with E-state index < -0.39 is 0 Å². The summed E-state index contributed by atoms with van der Waals surface area (Å²) in [5.74, 6) is 0.795. The summed E-state index contributed by atoms with van der Waals surface area (Å²) in [5, 5.41) is 12.0. The zero-order valence-corrected chi connectivity index (χ0v) is 21.6. The lowest BCUT2D eigenvalue weighted by atomic mass is 10.1. The number of hydrogen-bond donors (Lipinski definition) is 0. The summed E-state index contributed by atoms with van der Waals surface area (Å²) >= 11 is 12.3. The number of aromatic nitrogens is 2. The predicted molar refractivity (Wildman–Crippen MR) is 143 cm³/mol. The van der Waals surface area contributed by atoms with Crippen molar-refractivity contribution in [2.45, 2.75) is 19.9 Å². The maximum atomic E-state index is 13.4. The molecule has 0 atom stereocenters.